The molecule has 1 unspecified atom stereocenters. The summed E-state index contributed by atoms with van der Waals surface area (Å²) in [6, 6.07) is 15.8. The van der Waals surface area contributed by atoms with Crippen LogP contribution in [0.25, 0.3) is 0 Å². The molecular formula is C38H50Cl2N4O2S. The van der Waals surface area contributed by atoms with E-state index < -0.39 is 6.04 Å². The SMILES string of the molecule is CCC(C[C@H](C)N[C@H](C)CC)C(=O)[C@@H]1CC[C@@H](CC)N1C(=O)C1=C(C(C)C)N2C(=N[C@@H](c3ccc(Cl)cc3)[C@H]2c2ccc(Cl)cc2)S1. The molecule has 2 aromatic rings. The minimum absolute atomic E-state index is 0.0305. The number of allylic oxidation sites excluding steroid dienone is 1. The summed E-state index contributed by atoms with van der Waals surface area (Å²) in [4.78, 5) is 39.3. The highest BCUT2D eigenvalue weighted by molar-refractivity contribution is 8.18. The van der Waals surface area contributed by atoms with Crippen LogP contribution < -0.4 is 5.32 Å². The van der Waals surface area contributed by atoms with Gasteiger partial charge in [0, 0.05) is 39.8 Å². The van der Waals surface area contributed by atoms with Crippen molar-refractivity contribution >= 4 is 51.8 Å². The van der Waals surface area contributed by atoms with Crippen molar-refractivity contribution in [3.05, 3.63) is 80.3 Å². The van der Waals surface area contributed by atoms with Gasteiger partial charge >= 0.3 is 0 Å². The van der Waals surface area contributed by atoms with Crippen LogP contribution in [0.4, 0.5) is 0 Å². The van der Waals surface area contributed by atoms with Gasteiger partial charge < -0.3 is 15.1 Å². The number of carbonyl (C=O) groups is 2. The minimum Gasteiger partial charge on any atom is -0.325 e. The van der Waals surface area contributed by atoms with Gasteiger partial charge in [0.15, 0.2) is 11.0 Å². The van der Waals surface area contributed by atoms with Crippen molar-refractivity contribution < 1.29 is 9.59 Å². The lowest BCUT2D eigenvalue weighted by atomic mass is 9.88. The van der Waals surface area contributed by atoms with Crippen LogP contribution in [0.2, 0.25) is 10.0 Å². The van der Waals surface area contributed by atoms with Crippen molar-refractivity contribution in [2.45, 2.75) is 123 Å². The molecule has 254 valence electrons. The zero-order chi connectivity index (χ0) is 34.0. The molecule has 1 N–H and O–H groups in total. The minimum atomic E-state index is -0.402. The molecule has 1 amide bonds. The fraction of sp³-hybridized carbons (Fsp3) is 0.553. The third kappa shape index (κ3) is 7.49. The number of rotatable bonds is 13. The van der Waals surface area contributed by atoms with E-state index in [0.717, 1.165) is 60.5 Å². The first kappa shape index (κ1) is 36.0. The molecule has 3 aliphatic rings. The number of hydrogen-bond donors (Lipinski definition) is 1. The summed E-state index contributed by atoms with van der Waals surface area (Å²) >= 11 is 14.0. The smallest absolute Gasteiger partial charge is 0.263 e. The van der Waals surface area contributed by atoms with E-state index in [9.17, 15) is 9.59 Å². The highest BCUT2D eigenvalue weighted by atomic mass is 35.5. The highest BCUT2D eigenvalue weighted by Gasteiger charge is 2.50. The topological polar surface area (TPSA) is 65.0 Å². The molecular weight excluding hydrogens is 647 g/mol. The maximum Gasteiger partial charge on any atom is 0.263 e. The lowest BCUT2D eigenvalue weighted by Gasteiger charge is -2.34. The number of Topliss-reactive ketones (excluding diaryl/α,β-unsaturated/α-hetero) is 1. The number of carbonyl (C=O) groups excluding carboxylic acids is 2. The van der Waals surface area contributed by atoms with Crippen molar-refractivity contribution in [2.24, 2.45) is 16.8 Å². The standard InChI is InChI=1S/C38H50Cl2N4O2S/c1-8-23(6)41-24(7)21-25(9-2)35(45)31-20-19-30(10-3)43(31)37(46)36-33(22(4)5)44-34(27-13-17-29(40)18-14-27)32(42-38(44)47-36)26-11-15-28(39)16-12-26/h11-18,22-25,30-32,34,41H,8-10,19-21H2,1-7H3/t23-,24+,25?,30-,31+,32+,34-/m1/s1. The van der Waals surface area contributed by atoms with Crippen LogP contribution in [0.3, 0.4) is 0 Å². The number of thioether (sulfide) groups is 1. The van der Waals surface area contributed by atoms with E-state index in [4.69, 9.17) is 28.2 Å². The number of ketones is 1. The molecule has 0 saturated carbocycles. The van der Waals surface area contributed by atoms with E-state index >= 15 is 0 Å². The van der Waals surface area contributed by atoms with Gasteiger partial charge in [-0.15, -0.1) is 0 Å². The molecule has 3 aliphatic heterocycles. The van der Waals surface area contributed by atoms with Gasteiger partial charge in [0.2, 0.25) is 0 Å². The van der Waals surface area contributed by atoms with Gasteiger partial charge in [0.1, 0.15) is 10.9 Å². The van der Waals surface area contributed by atoms with E-state index in [-0.39, 0.29) is 47.7 Å². The third-order valence-corrected chi connectivity index (χ3v) is 11.7. The third-order valence-electron chi connectivity index (χ3n) is 10.1. The van der Waals surface area contributed by atoms with Gasteiger partial charge in [0.05, 0.1) is 12.1 Å². The first-order valence-electron chi connectivity index (χ1n) is 17.4. The Kier molecular flexibility index (Phi) is 11.9. The molecule has 6 nitrogen and oxygen atoms in total. The number of nitrogens with zero attached hydrogens (tertiary/aromatic N) is 3. The Morgan fingerprint density at radius 2 is 1.51 bits per heavy atom. The number of amidine groups is 1. The summed E-state index contributed by atoms with van der Waals surface area (Å²) in [5.74, 6) is 0.149. The molecule has 1 fully saturated rings. The molecule has 0 radical (unpaired) electrons. The molecule has 7 atom stereocenters. The summed E-state index contributed by atoms with van der Waals surface area (Å²) in [6.07, 6.45) is 4.99. The quantitative estimate of drug-likeness (QED) is 0.226. The highest BCUT2D eigenvalue weighted by Crippen LogP contribution is 2.54. The zero-order valence-electron chi connectivity index (χ0n) is 28.8. The number of halogens is 2. The molecule has 0 aliphatic carbocycles. The Balaban J connectivity index is 1.49. The number of fused-ring (bicyclic) bond motifs is 1. The van der Waals surface area contributed by atoms with Gasteiger partial charge in [-0.05, 0) is 105 Å². The maximum atomic E-state index is 14.8. The van der Waals surface area contributed by atoms with E-state index in [1.807, 2.05) is 41.3 Å². The van der Waals surface area contributed by atoms with Crippen molar-refractivity contribution in [1.29, 1.82) is 0 Å². The molecule has 0 bridgehead atoms. The number of aliphatic imine (C=N–C) groups is 1. The maximum absolute atomic E-state index is 14.8. The van der Waals surface area contributed by atoms with Crippen LogP contribution in [0, 0.1) is 11.8 Å². The van der Waals surface area contributed by atoms with E-state index in [1.54, 1.807) is 0 Å². The van der Waals surface area contributed by atoms with E-state index in [0.29, 0.717) is 21.0 Å². The largest absolute Gasteiger partial charge is 0.325 e. The van der Waals surface area contributed by atoms with Gasteiger partial charge in [0.25, 0.3) is 5.91 Å². The first-order chi connectivity index (χ1) is 22.5. The summed E-state index contributed by atoms with van der Waals surface area (Å²) in [5.41, 5.74) is 3.11. The normalized spacial score (nSPS) is 24.5. The molecule has 47 heavy (non-hydrogen) atoms. The number of likely N-dealkylation sites (tertiary alicyclic amines) is 1. The van der Waals surface area contributed by atoms with E-state index in [1.165, 1.54) is 11.8 Å². The monoisotopic (exact) mass is 696 g/mol. The summed E-state index contributed by atoms with van der Waals surface area (Å²) in [7, 11) is 0. The predicted octanol–water partition coefficient (Wildman–Crippen LogP) is 9.59. The molecule has 2 aromatic carbocycles. The molecule has 0 spiro atoms. The summed E-state index contributed by atoms with van der Waals surface area (Å²) in [6.45, 7) is 15.0. The fourth-order valence-electron chi connectivity index (χ4n) is 7.54. The van der Waals surface area contributed by atoms with Crippen molar-refractivity contribution in [1.82, 2.24) is 15.1 Å². The van der Waals surface area contributed by atoms with Crippen LogP contribution >= 0.6 is 35.0 Å². The average molecular weight is 698 g/mol. The molecule has 9 heteroatoms. The van der Waals surface area contributed by atoms with Crippen molar-refractivity contribution in [2.75, 3.05) is 0 Å². The Morgan fingerprint density at radius 1 is 0.894 bits per heavy atom. The number of amides is 1. The number of hydrogen-bond acceptors (Lipinski definition) is 6. The Bertz CT molecular complexity index is 1490. The van der Waals surface area contributed by atoms with Crippen LogP contribution in [0.15, 0.2) is 64.1 Å². The van der Waals surface area contributed by atoms with Crippen LogP contribution in [0.1, 0.15) is 110 Å². The van der Waals surface area contributed by atoms with Crippen molar-refractivity contribution in [3.63, 3.8) is 0 Å². The molecule has 0 aromatic heterocycles. The molecule has 1 saturated heterocycles. The predicted molar refractivity (Wildman–Crippen MR) is 197 cm³/mol. The summed E-state index contributed by atoms with van der Waals surface area (Å²) in [5, 5.41) is 5.82. The number of nitrogens with one attached hydrogen (secondary N) is 1. The average Bonchev–Trinajstić information content (AvgIpc) is 3.75. The Labute approximate surface area is 295 Å². The van der Waals surface area contributed by atoms with Crippen LogP contribution in [0.5, 0.6) is 0 Å². The lowest BCUT2D eigenvalue weighted by molar-refractivity contribution is -0.138. The van der Waals surface area contributed by atoms with Crippen LogP contribution in [-0.4, -0.2) is 50.8 Å². The molecule has 3 heterocycles. The van der Waals surface area contributed by atoms with Crippen LogP contribution in [-0.2, 0) is 9.59 Å². The van der Waals surface area contributed by atoms with Gasteiger partial charge in [-0.1, -0.05) is 82.1 Å². The second-order valence-electron chi connectivity index (χ2n) is 13.7. The Morgan fingerprint density at radius 3 is 2.06 bits per heavy atom. The molecule has 5 rings (SSSR count). The van der Waals surface area contributed by atoms with Gasteiger partial charge in [-0.25, -0.2) is 0 Å². The second-order valence-corrected chi connectivity index (χ2v) is 15.6. The summed E-state index contributed by atoms with van der Waals surface area (Å²) < 4.78 is 0. The Hall–Kier alpha value is -2.32. The van der Waals surface area contributed by atoms with Crippen molar-refractivity contribution in [3.8, 4) is 0 Å². The number of benzene rings is 2. The van der Waals surface area contributed by atoms with Gasteiger partial charge in [-0.2, -0.15) is 0 Å². The second kappa shape index (κ2) is 15.5. The first-order valence-corrected chi connectivity index (χ1v) is 19.0. The van der Waals surface area contributed by atoms with Gasteiger partial charge in [-0.3, -0.25) is 14.6 Å². The van der Waals surface area contributed by atoms with E-state index in [2.05, 4.69) is 70.8 Å². The fourth-order valence-corrected chi connectivity index (χ4v) is 9.08. The zero-order valence-corrected chi connectivity index (χ0v) is 31.1. The lowest BCUT2D eigenvalue weighted by Crippen LogP contribution is -2.48.